The lowest BCUT2D eigenvalue weighted by Gasteiger charge is -2.17. The molecule has 0 bridgehead atoms. The van der Waals surface area contributed by atoms with Gasteiger partial charge in [0.15, 0.2) is 11.5 Å². The number of aryl methyl sites for hydroxylation is 1. The van der Waals surface area contributed by atoms with E-state index in [-0.39, 0.29) is 11.7 Å². The summed E-state index contributed by atoms with van der Waals surface area (Å²) in [6, 6.07) is 15.0. The lowest BCUT2D eigenvalue weighted by molar-refractivity contribution is 0.201. The molecule has 1 aliphatic carbocycles. The van der Waals surface area contributed by atoms with Crippen molar-refractivity contribution in [1.82, 2.24) is 4.98 Å². The highest BCUT2D eigenvalue weighted by molar-refractivity contribution is 5.67. The number of aliphatic hydroxyl groups is 1. The topological polar surface area (TPSA) is 71.6 Å². The van der Waals surface area contributed by atoms with Crippen molar-refractivity contribution < 1.29 is 14.6 Å². The average Bonchev–Trinajstić information content (AvgIpc) is 3.27. The van der Waals surface area contributed by atoms with E-state index in [1.165, 1.54) is 12.8 Å². The highest BCUT2D eigenvalue weighted by Crippen LogP contribution is 2.35. The van der Waals surface area contributed by atoms with Crippen molar-refractivity contribution in [3.8, 4) is 22.6 Å². The minimum Gasteiger partial charge on any atom is -0.493 e. The Kier molecular flexibility index (Phi) is 5.91. The van der Waals surface area contributed by atoms with Crippen molar-refractivity contribution in [3.05, 3.63) is 81.8 Å². The molecule has 1 atom stereocenters. The van der Waals surface area contributed by atoms with E-state index in [2.05, 4.69) is 4.98 Å². The van der Waals surface area contributed by atoms with Crippen LogP contribution in [0.1, 0.15) is 48.5 Å². The molecular formula is C25H27NO4. The van der Waals surface area contributed by atoms with Crippen molar-refractivity contribution in [2.24, 2.45) is 0 Å². The van der Waals surface area contributed by atoms with Gasteiger partial charge in [-0.15, -0.1) is 0 Å². The lowest BCUT2D eigenvalue weighted by atomic mass is 9.98. The zero-order valence-electron chi connectivity index (χ0n) is 17.4. The molecule has 2 N–H and O–H groups in total. The molecule has 0 amide bonds. The fourth-order valence-corrected chi connectivity index (χ4v) is 4.03. The van der Waals surface area contributed by atoms with Crippen LogP contribution in [0.25, 0.3) is 11.1 Å². The van der Waals surface area contributed by atoms with Crippen LogP contribution in [-0.2, 0) is 0 Å². The zero-order valence-corrected chi connectivity index (χ0v) is 17.4. The van der Waals surface area contributed by atoms with E-state index in [1.807, 2.05) is 49.4 Å². The minimum atomic E-state index is -0.999. The number of pyridine rings is 1. The van der Waals surface area contributed by atoms with Gasteiger partial charge in [0.2, 0.25) is 0 Å². The summed E-state index contributed by atoms with van der Waals surface area (Å²) in [5.41, 5.74) is 3.42. The Balaban J connectivity index is 1.69. The van der Waals surface area contributed by atoms with Crippen LogP contribution >= 0.6 is 0 Å². The maximum Gasteiger partial charge on any atom is 0.254 e. The summed E-state index contributed by atoms with van der Waals surface area (Å²) in [6.07, 6.45) is 5.36. The monoisotopic (exact) mass is 405 g/mol. The molecule has 1 fully saturated rings. The first kappa shape index (κ1) is 20.2. The van der Waals surface area contributed by atoms with Gasteiger partial charge in [0.05, 0.1) is 18.8 Å². The molecule has 156 valence electrons. The predicted molar refractivity (Wildman–Crippen MR) is 117 cm³/mol. The number of aromatic amines is 1. The first-order valence-corrected chi connectivity index (χ1v) is 10.4. The summed E-state index contributed by atoms with van der Waals surface area (Å²) in [4.78, 5) is 15.2. The molecule has 1 aliphatic rings. The van der Waals surface area contributed by atoms with E-state index in [4.69, 9.17) is 9.47 Å². The molecule has 1 unspecified atom stereocenters. The van der Waals surface area contributed by atoms with Crippen molar-refractivity contribution in [3.63, 3.8) is 0 Å². The molecule has 2 aromatic carbocycles. The number of H-pyrrole nitrogens is 1. The van der Waals surface area contributed by atoms with Gasteiger partial charge in [0, 0.05) is 6.20 Å². The molecule has 30 heavy (non-hydrogen) atoms. The highest BCUT2D eigenvalue weighted by Gasteiger charge is 2.20. The normalized spacial score (nSPS) is 15.2. The van der Waals surface area contributed by atoms with Crippen LogP contribution in [0.2, 0.25) is 0 Å². The Morgan fingerprint density at radius 1 is 1.03 bits per heavy atom. The van der Waals surface area contributed by atoms with E-state index in [0.29, 0.717) is 22.6 Å². The third kappa shape index (κ3) is 4.26. The van der Waals surface area contributed by atoms with Crippen LogP contribution in [0.3, 0.4) is 0 Å². The van der Waals surface area contributed by atoms with Gasteiger partial charge in [0.1, 0.15) is 6.10 Å². The number of methoxy groups -OCH3 is 1. The Morgan fingerprint density at radius 3 is 2.57 bits per heavy atom. The fraction of sp³-hybridized carbons (Fsp3) is 0.320. The van der Waals surface area contributed by atoms with Crippen LogP contribution in [0.5, 0.6) is 11.5 Å². The number of aliphatic hydroxyl groups excluding tert-OH is 1. The van der Waals surface area contributed by atoms with Crippen LogP contribution in [0.4, 0.5) is 0 Å². The van der Waals surface area contributed by atoms with Crippen molar-refractivity contribution in [2.45, 2.75) is 44.8 Å². The standard InChI is InChI=1S/C25H27NO4/c1-16-6-5-7-18(12-16)24(27)21-13-19(15-26-25(21)28)17-10-11-22(29-2)23(14-17)30-20-8-3-4-9-20/h5-7,10-15,20,24,27H,3-4,8-9H2,1-2H3,(H,26,28). The third-order valence-electron chi connectivity index (χ3n) is 5.68. The van der Waals surface area contributed by atoms with Crippen LogP contribution in [0, 0.1) is 6.92 Å². The number of benzene rings is 2. The van der Waals surface area contributed by atoms with Crippen molar-refractivity contribution in [2.75, 3.05) is 7.11 Å². The summed E-state index contributed by atoms with van der Waals surface area (Å²) in [6.45, 7) is 1.96. The molecule has 4 rings (SSSR count). The quantitative estimate of drug-likeness (QED) is 0.620. The van der Waals surface area contributed by atoms with Gasteiger partial charge < -0.3 is 19.6 Å². The van der Waals surface area contributed by atoms with E-state index >= 15 is 0 Å². The molecule has 0 radical (unpaired) electrons. The molecule has 1 saturated carbocycles. The number of nitrogens with one attached hydrogen (secondary N) is 1. The number of ether oxygens (including phenoxy) is 2. The summed E-state index contributed by atoms with van der Waals surface area (Å²) in [5.74, 6) is 1.39. The third-order valence-corrected chi connectivity index (χ3v) is 5.68. The summed E-state index contributed by atoms with van der Waals surface area (Å²) >= 11 is 0. The second-order valence-corrected chi connectivity index (χ2v) is 7.88. The Hall–Kier alpha value is -3.05. The SMILES string of the molecule is COc1ccc(-c2c[nH]c(=O)c(C(O)c3cccc(C)c3)c2)cc1OC1CCCC1. The van der Waals surface area contributed by atoms with Gasteiger partial charge in [0.25, 0.3) is 5.56 Å². The number of rotatable bonds is 6. The molecule has 1 aromatic heterocycles. The van der Waals surface area contributed by atoms with Crippen molar-refractivity contribution >= 4 is 0 Å². The highest BCUT2D eigenvalue weighted by atomic mass is 16.5. The summed E-state index contributed by atoms with van der Waals surface area (Å²) < 4.78 is 11.7. The van der Waals surface area contributed by atoms with Gasteiger partial charge >= 0.3 is 0 Å². The summed E-state index contributed by atoms with van der Waals surface area (Å²) in [5, 5.41) is 10.8. The van der Waals surface area contributed by atoms with Crippen LogP contribution < -0.4 is 15.0 Å². The molecule has 1 heterocycles. The van der Waals surface area contributed by atoms with Gasteiger partial charge in [-0.05, 0) is 67.5 Å². The second kappa shape index (κ2) is 8.76. The van der Waals surface area contributed by atoms with Crippen molar-refractivity contribution in [1.29, 1.82) is 0 Å². The van der Waals surface area contributed by atoms with Gasteiger partial charge in [-0.25, -0.2) is 0 Å². The fourth-order valence-electron chi connectivity index (χ4n) is 4.03. The van der Waals surface area contributed by atoms with E-state index in [0.717, 1.165) is 29.5 Å². The van der Waals surface area contributed by atoms with E-state index in [9.17, 15) is 9.90 Å². The van der Waals surface area contributed by atoms with Gasteiger partial charge in [-0.3, -0.25) is 4.79 Å². The molecule has 0 spiro atoms. The van der Waals surface area contributed by atoms with Crippen LogP contribution in [0.15, 0.2) is 59.5 Å². The Bertz CT molecular complexity index is 1080. The maximum absolute atomic E-state index is 12.4. The van der Waals surface area contributed by atoms with Gasteiger partial charge in [-0.1, -0.05) is 35.9 Å². The molecule has 0 saturated heterocycles. The largest absolute Gasteiger partial charge is 0.493 e. The number of hydrogen-bond acceptors (Lipinski definition) is 4. The molecular weight excluding hydrogens is 378 g/mol. The van der Waals surface area contributed by atoms with Gasteiger partial charge in [-0.2, -0.15) is 0 Å². The minimum absolute atomic E-state index is 0.212. The van der Waals surface area contributed by atoms with E-state index in [1.54, 1.807) is 19.4 Å². The zero-order chi connectivity index (χ0) is 21.1. The molecule has 5 heteroatoms. The first-order chi connectivity index (χ1) is 14.5. The van der Waals surface area contributed by atoms with Crippen LogP contribution in [-0.4, -0.2) is 23.3 Å². The predicted octanol–water partition coefficient (Wildman–Crippen LogP) is 4.76. The number of hydrogen-bond donors (Lipinski definition) is 2. The Labute approximate surface area is 176 Å². The first-order valence-electron chi connectivity index (χ1n) is 10.4. The molecule has 0 aliphatic heterocycles. The Morgan fingerprint density at radius 2 is 1.83 bits per heavy atom. The molecule has 5 nitrogen and oxygen atoms in total. The average molecular weight is 405 g/mol. The smallest absolute Gasteiger partial charge is 0.254 e. The lowest BCUT2D eigenvalue weighted by Crippen LogP contribution is -2.17. The number of aromatic nitrogens is 1. The van der Waals surface area contributed by atoms with E-state index < -0.39 is 6.10 Å². The summed E-state index contributed by atoms with van der Waals surface area (Å²) in [7, 11) is 1.63. The second-order valence-electron chi connectivity index (χ2n) is 7.88. The molecule has 3 aromatic rings. The maximum atomic E-state index is 12.4.